The molecular weight excluding hydrogens is 206 g/mol. The zero-order valence-electron chi connectivity index (χ0n) is 10.8. The van der Waals surface area contributed by atoms with E-state index in [1.165, 1.54) is 40.7 Å². The Balaban J connectivity index is 2.24. The first-order valence-corrected chi connectivity index (χ1v) is 6.31. The van der Waals surface area contributed by atoms with Crippen molar-refractivity contribution in [3.05, 3.63) is 52.2 Å². The topological polar surface area (TPSA) is 26.0 Å². The first kappa shape index (κ1) is 10.6. The summed E-state index contributed by atoms with van der Waals surface area (Å²) in [5.41, 5.74) is 14.4. The van der Waals surface area contributed by atoms with Gasteiger partial charge in [0.15, 0.2) is 0 Å². The lowest BCUT2D eigenvalue weighted by molar-refractivity contribution is 0.830. The van der Waals surface area contributed by atoms with Gasteiger partial charge in [0.05, 0.1) is 0 Å². The van der Waals surface area contributed by atoms with Crippen LogP contribution in [0.15, 0.2) is 35.5 Å². The highest BCUT2D eigenvalue weighted by Gasteiger charge is 2.52. The normalized spacial score (nSPS) is 19.5. The number of rotatable bonds is 1. The van der Waals surface area contributed by atoms with Crippen LogP contribution in [0.4, 0.5) is 0 Å². The van der Waals surface area contributed by atoms with Gasteiger partial charge in [-0.05, 0) is 44.7 Å². The van der Waals surface area contributed by atoms with Gasteiger partial charge >= 0.3 is 0 Å². The average Bonchev–Trinajstić information content (AvgIpc) is 3.02. The van der Waals surface area contributed by atoms with Gasteiger partial charge in [0.1, 0.15) is 0 Å². The van der Waals surface area contributed by atoms with Crippen molar-refractivity contribution < 1.29 is 0 Å². The lowest BCUT2D eigenvalue weighted by atomic mass is 9.94. The molecule has 0 aliphatic heterocycles. The fourth-order valence-corrected chi connectivity index (χ4v) is 2.94. The number of fused-ring (bicyclic) bond motifs is 2. The molecule has 1 aromatic carbocycles. The summed E-state index contributed by atoms with van der Waals surface area (Å²) in [7, 11) is 0. The lowest BCUT2D eigenvalue weighted by Crippen LogP contribution is -2.13. The van der Waals surface area contributed by atoms with Crippen LogP contribution in [-0.2, 0) is 5.41 Å². The fraction of sp³-hybridized carbons (Fsp3) is 0.375. The number of hydrogen-bond donors (Lipinski definition) is 1. The highest BCUT2D eigenvalue weighted by molar-refractivity contribution is 5.87. The Bertz CT molecular complexity index is 553. The first-order chi connectivity index (χ1) is 8.04. The van der Waals surface area contributed by atoms with Crippen LogP contribution in [0, 0.1) is 6.92 Å². The van der Waals surface area contributed by atoms with Crippen LogP contribution in [-0.4, -0.2) is 0 Å². The van der Waals surface area contributed by atoms with Crippen LogP contribution in [0.5, 0.6) is 0 Å². The molecule has 1 spiro atoms. The van der Waals surface area contributed by atoms with Crippen molar-refractivity contribution >= 4 is 5.57 Å². The van der Waals surface area contributed by atoms with E-state index in [0.29, 0.717) is 0 Å². The summed E-state index contributed by atoms with van der Waals surface area (Å²) < 4.78 is 0. The summed E-state index contributed by atoms with van der Waals surface area (Å²) in [4.78, 5) is 0. The van der Waals surface area contributed by atoms with E-state index >= 15 is 0 Å². The minimum Gasteiger partial charge on any atom is -0.401 e. The molecule has 0 unspecified atom stereocenters. The van der Waals surface area contributed by atoms with Gasteiger partial charge in [-0.1, -0.05) is 35.4 Å². The van der Waals surface area contributed by atoms with Gasteiger partial charge in [0.2, 0.25) is 0 Å². The van der Waals surface area contributed by atoms with Gasteiger partial charge in [-0.25, -0.2) is 0 Å². The van der Waals surface area contributed by atoms with Crippen molar-refractivity contribution in [2.75, 3.05) is 0 Å². The molecule has 1 saturated carbocycles. The number of nitrogens with two attached hydrogens (primary N) is 1. The fourth-order valence-electron chi connectivity index (χ4n) is 2.94. The van der Waals surface area contributed by atoms with E-state index in [-0.39, 0.29) is 5.41 Å². The molecular formula is C16H19N. The van der Waals surface area contributed by atoms with Gasteiger partial charge in [-0.3, -0.25) is 0 Å². The molecule has 1 aromatic rings. The third-order valence-electron chi connectivity index (χ3n) is 3.97. The number of allylic oxidation sites excluding steroid dienone is 4. The number of hydrogen-bond acceptors (Lipinski definition) is 1. The van der Waals surface area contributed by atoms with Crippen LogP contribution >= 0.6 is 0 Å². The zero-order valence-corrected chi connectivity index (χ0v) is 10.8. The van der Waals surface area contributed by atoms with Gasteiger partial charge < -0.3 is 5.73 Å². The third kappa shape index (κ3) is 1.38. The molecule has 2 N–H and O–H groups in total. The van der Waals surface area contributed by atoms with E-state index in [9.17, 15) is 0 Å². The standard InChI is InChI=1S/C16H19N/c1-10(2)8-13-12-5-4-11(3)9-14(12)16(6-7-16)15(13)17/h4-5,8-9H,6-7,17H2,1-3H3. The smallest absolute Gasteiger partial charge is 0.0361 e. The Hall–Kier alpha value is -1.50. The highest BCUT2D eigenvalue weighted by atomic mass is 14.7. The molecule has 3 rings (SSSR count). The molecule has 0 bridgehead atoms. The number of benzene rings is 1. The number of aryl methyl sites for hydroxylation is 1. The summed E-state index contributed by atoms with van der Waals surface area (Å²) in [6.07, 6.45) is 4.67. The van der Waals surface area contributed by atoms with Crippen molar-refractivity contribution in [1.82, 2.24) is 0 Å². The maximum Gasteiger partial charge on any atom is 0.0361 e. The van der Waals surface area contributed by atoms with Crippen LogP contribution in [0.1, 0.15) is 43.4 Å². The summed E-state index contributed by atoms with van der Waals surface area (Å²) in [6, 6.07) is 6.74. The van der Waals surface area contributed by atoms with Crippen LogP contribution in [0.2, 0.25) is 0 Å². The van der Waals surface area contributed by atoms with E-state index in [4.69, 9.17) is 5.73 Å². The largest absolute Gasteiger partial charge is 0.401 e. The molecule has 88 valence electrons. The molecule has 2 aliphatic carbocycles. The molecule has 0 aromatic heterocycles. The van der Waals surface area contributed by atoms with Gasteiger partial charge in [0, 0.05) is 16.7 Å². The molecule has 2 aliphatic rings. The maximum atomic E-state index is 6.40. The molecule has 1 heteroatoms. The van der Waals surface area contributed by atoms with Gasteiger partial charge in [0.25, 0.3) is 0 Å². The maximum absolute atomic E-state index is 6.40. The summed E-state index contributed by atoms with van der Waals surface area (Å²) in [6.45, 7) is 6.42. The van der Waals surface area contributed by atoms with E-state index in [0.717, 1.165) is 5.70 Å². The monoisotopic (exact) mass is 225 g/mol. The minimum absolute atomic E-state index is 0.197. The first-order valence-electron chi connectivity index (χ1n) is 6.31. The predicted octanol–water partition coefficient (Wildman–Crippen LogP) is 3.68. The van der Waals surface area contributed by atoms with Crippen LogP contribution in [0.3, 0.4) is 0 Å². The Morgan fingerprint density at radius 2 is 2.00 bits per heavy atom. The Morgan fingerprint density at radius 1 is 1.29 bits per heavy atom. The second-order valence-electron chi connectivity index (χ2n) is 5.68. The van der Waals surface area contributed by atoms with E-state index < -0.39 is 0 Å². The van der Waals surface area contributed by atoms with E-state index in [1.807, 2.05) is 0 Å². The SMILES string of the molecule is CC(C)=CC1=C(N)C2(CC2)c2cc(C)ccc21. The van der Waals surface area contributed by atoms with Gasteiger partial charge in [-0.2, -0.15) is 0 Å². The van der Waals surface area contributed by atoms with Crippen molar-refractivity contribution in [3.63, 3.8) is 0 Å². The van der Waals surface area contributed by atoms with Gasteiger partial charge in [-0.15, -0.1) is 0 Å². The third-order valence-corrected chi connectivity index (χ3v) is 3.97. The summed E-state index contributed by atoms with van der Waals surface area (Å²) in [5, 5.41) is 0. The molecule has 0 atom stereocenters. The summed E-state index contributed by atoms with van der Waals surface area (Å²) >= 11 is 0. The zero-order chi connectivity index (χ0) is 12.2. The second kappa shape index (κ2) is 3.25. The summed E-state index contributed by atoms with van der Waals surface area (Å²) in [5.74, 6) is 0. The molecule has 1 fully saturated rings. The molecule has 17 heavy (non-hydrogen) atoms. The van der Waals surface area contributed by atoms with Crippen LogP contribution < -0.4 is 5.73 Å². The quantitative estimate of drug-likeness (QED) is 0.775. The molecule has 0 radical (unpaired) electrons. The highest BCUT2D eigenvalue weighted by Crippen LogP contribution is 2.59. The van der Waals surface area contributed by atoms with Crippen molar-refractivity contribution in [1.29, 1.82) is 0 Å². The Morgan fingerprint density at radius 3 is 2.59 bits per heavy atom. The van der Waals surface area contributed by atoms with E-state index in [1.54, 1.807) is 0 Å². The molecule has 1 nitrogen and oxygen atoms in total. The second-order valence-corrected chi connectivity index (χ2v) is 5.68. The van der Waals surface area contributed by atoms with Crippen molar-refractivity contribution in [2.24, 2.45) is 5.73 Å². The Labute approximate surface area is 103 Å². The molecule has 0 heterocycles. The average molecular weight is 225 g/mol. The van der Waals surface area contributed by atoms with E-state index in [2.05, 4.69) is 45.0 Å². The molecule has 0 amide bonds. The lowest BCUT2D eigenvalue weighted by Gasteiger charge is -2.11. The van der Waals surface area contributed by atoms with Crippen molar-refractivity contribution in [3.8, 4) is 0 Å². The predicted molar refractivity (Wildman–Crippen MR) is 72.6 cm³/mol. The molecule has 0 saturated heterocycles. The van der Waals surface area contributed by atoms with Crippen LogP contribution in [0.25, 0.3) is 5.57 Å². The minimum atomic E-state index is 0.197. The van der Waals surface area contributed by atoms with Crippen molar-refractivity contribution in [2.45, 2.75) is 39.0 Å². The Kier molecular flexibility index (Phi) is 2.04.